The summed E-state index contributed by atoms with van der Waals surface area (Å²) in [5.41, 5.74) is 0.987. The SMILES string of the molecule is O=[N+]([O-])c1ccc(S(=O)(=O)N2CCCC[C@H]2c2nc3ccccc3o2)c(Cl)c1. The molecule has 1 fully saturated rings. The molecule has 1 saturated heterocycles. The first kappa shape index (κ1) is 18.9. The number of rotatable bonds is 4. The van der Waals surface area contributed by atoms with Crippen LogP contribution in [-0.4, -0.2) is 29.2 Å². The van der Waals surface area contributed by atoms with Crippen LogP contribution in [0.5, 0.6) is 0 Å². The molecule has 0 amide bonds. The van der Waals surface area contributed by atoms with Crippen LogP contribution in [-0.2, 0) is 10.0 Å². The summed E-state index contributed by atoms with van der Waals surface area (Å²) in [6.07, 6.45) is 2.10. The summed E-state index contributed by atoms with van der Waals surface area (Å²) in [7, 11) is -3.99. The van der Waals surface area contributed by atoms with Gasteiger partial charge in [-0.3, -0.25) is 10.1 Å². The van der Waals surface area contributed by atoms with Crippen molar-refractivity contribution < 1.29 is 17.8 Å². The van der Waals surface area contributed by atoms with Crippen LogP contribution in [0.25, 0.3) is 11.1 Å². The summed E-state index contributed by atoms with van der Waals surface area (Å²) in [5, 5.41) is 10.7. The van der Waals surface area contributed by atoms with Gasteiger partial charge in [-0.2, -0.15) is 4.31 Å². The lowest BCUT2D eigenvalue weighted by Gasteiger charge is -2.32. The maximum Gasteiger partial charge on any atom is 0.271 e. The van der Waals surface area contributed by atoms with E-state index >= 15 is 0 Å². The van der Waals surface area contributed by atoms with Crippen LogP contribution in [0.15, 0.2) is 51.8 Å². The van der Waals surface area contributed by atoms with Crippen LogP contribution in [0.3, 0.4) is 0 Å². The monoisotopic (exact) mass is 421 g/mol. The summed E-state index contributed by atoms with van der Waals surface area (Å²) in [4.78, 5) is 14.6. The normalized spacial score (nSPS) is 18.4. The molecule has 146 valence electrons. The Balaban J connectivity index is 1.75. The number of hydrogen-bond acceptors (Lipinski definition) is 6. The Morgan fingerprint density at radius 2 is 2.00 bits per heavy atom. The van der Waals surface area contributed by atoms with E-state index in [0.717, 1.165) is 18.6 Å². The zero-order valence-electron chi connectivity index (χ0n) is 14.6. The Bertz CT molecular complexity index is 1130. The van der Waals surface area contributed by atoms with E-state index in [0.29, 0.717) is 36.4 Å². The van der Waals surface area contributed by atoms with Crippen molar-refractivity contribution in [1.29, 1.82) is 0 Å². The van der Waals surface area contributed by atoms with Gasteiger partial charge in [0.1, 0.15) is 16.5 Å². The molecule has 0 bridgehead atoms. The van der Waals surface area contributed by atoms with E-state index in [4.69, 9.17) is 16.0 Å². The molecule has 1 atom stereocenters. The molecule has 1 aliphatic heterocycles. The average molecular weight is 422 g/mol. The lowest BCUT2D eigenvalue weighted by Crippen LogP contribution is -2.38. The lowest BCUT2D eigenvalue weighted by atomic mass is 10.1. The largest absolute Gasteiger partial charge is 0.439 e. The zero-order valence-corrected chi connectivity index (χ0v) is 16.2. The Morgan fingerprint density at radius 3 is 2.71 bits per heavy atom. The van der Waals surface area contributed by atoms with E-state index in [2.05, 4.69) is 4.98 Å². The number of non-ortho nitro benzene ring substituents is 1. The molecule has 2 aromatic carbocycles. The quantitative estimate of drug-likeness (QED) is 0.459. The van der Waals surface area contributed by atoms with Crippen molar-refractivity contribution in [2.24, 2.45) is 0 Å². The molecule has 2 heterocycles. The summed E-state index contributed by atoms with van der Waals surface area (Å²) in [6, 6.07) is 10.0. The van der Waals surface area contributed by atoms with Crippen molar-refractivity contribution in [3.63, 3.8) is 0 Å². The summed E-state index contributed by atoms with van der Waals surface area (Å²) >= 11 is 6.09. The number of para-hydroxylation sites is 2. The standard InChI is InChI=1S/C18H16ClN3O5S/c19-13-11-12(22(23)24)8-9-17(13)28(25,26)21-10-4-3-6-15(21)18-20-14-5-1-2-7-16(14)27-18/h1-2,5,7-9,11,15H,3-4,6,10H2/t15-/m0/s1. The number of hydrogen-bond donors (Lipinski definition) is 0. The second-order valence-corrected chi connectivity index (χ2v) is 8.79. The molecule has 1 aromatic heterocycles. The van der Waals surface area contributed by atoms with E-state index in [-0.39, 0.29) is 15.6 Å². The Morgan fingerprint density at radius 1 is 1.21 bits per heavy atom. The molecule has 0 unspecified atom stereocenters. The molecular weight excluding hydrogens is 406 g/mol. The second-order valence-electron chi connectivity index (χ2n) is 6.52. The van der Waals surface area contributed by atoms with Crippen molar-refractivity contribution in [3.05, 3.63) is 63.5 Å². The molecule has 0 radical (unpaired) electrons. The van der Waals surface area contributed by atoms with Crippen LogP contribution in [0, 0.1) is 10.1 Å². The first-order valence-corrected chi connectivity index (χ1v) is 10.5. The number of nitro benzene ring substituents is 1. The third kappa shape index (κ3) is 3.25. The van der Waals surface area contributed by atoms with Crippen molar-refractivity contribution in [3.8, 4) is 0 Å². The fraction of sp³-hybridized carbons (Fsp3) is 0.278. The number of sulfonamides is 1. The number of piperidine rings is 1. The van der Waals surface area contributed by atoms with Gasteiger partial charge in [-0.25, -0.2) is 13.4 Å². The predicted octanol–water partition coefficient (Wildman–Crippen LogP) is 4.31. The minimum atomic E-state index is -3.99. The molecular formula is C18H16ClN3O5S. The Kier molecular flexibility index (Phi) is 4.82. The number of benzene rings is 2. The van der Waals surface area contributed by atoms with Crippen molar-refractivity contribution in [2.75, 3.05) is 6.54 Å². The molecule has 28 heavy (non-hydrogen) atoms. The van der Waals surface area contributed by atoms with Gasteiger partial charge in [0.2, 0.25) is 15.9 Å². The summed E-state index contributed by atoms with van der Waals surface area (Å²) in [6.45, 7) is 0.291. The van der Waals surface area contributed by atoms with Crippen molar-refractivity contribution in [2.45, 2.75) is 30.2 Å². The highest BCUT2D eigenvalue weighted by Crippen LogP contribution is 2.38. The topological polar surface area (TPSA) is 107 Å². The third-order valence-electron chi connectivity index (χ3n) is 4.76. The smallest absolute Gasteiger partial charge is 0.271 e. The molecule has 0 saturated carbocycles. The molecule has 4 rings (SSSR count). The van der Waals surface area contributed by atoms with Crippen LogP contribution in [0.1, 0.15) is 31.2 Å². The van der Waals surface area contributed by atoms with Gasteiger partial charge in [0.15, 0.2) is 5.58 Å². The van der Waals surface area contributed by atoms with E-state index < -0.39 is 21.0 Å². The van der Waals surface area contributed by atoms with E-state index in [1.54, 1.807) is 12.1 Å². The van der Waals surface area contributed by atoms with Gasteiger partial charge < -0.3 is 4.42 Å². The summed E-state index contributed by atoms with van der Waals surface area (Å²) < 4.78 is 33.7. The van der Waals surface area contributed by atoms with Gasteiger partial charge in [0.05, 0.1) is 9.95 Å². The minimum absolute atomic E-state index is 0.164. The molecule has 0 aliphatic carbocycles. The van der Waals surface area contributed by atoms with Gasteiger partial charge >= 0.3 is 0 Å². The summed E-state index contributed by atoms with van der Waals surface area (Å²) in [5.74, 6) is 0.336. The van der Waals surface area contributed by atoms with Crippen molar-refractivity contribution in [1.82, 2.24) is 9.29 Å². The number of oxazole rings is 1. The number of aromatic nitrogens is 1. The average Bonchev–Trinajstić information content (AvgIpc) is 3.11. The van der Waals surface area contributed by atoms with Gasteiger partial charge in [0.25, 0.3) is 5.69 Å². The highest BCUT2D eigenvalue weighted by Gasteiger charge is 2.38. The number of fused-ring (bicyclic) bond motifs is 1. The van der Waals surface area contributed by atoms with Crippen LogP contribution < -0.4 is 0 Å². The van der Waals surface area contributed by atoms with Crippen molar-refractivity contribution >= 4 is 38.4 Å². The first-order valence-electron chi connectivity index (χ1n) is 8.69. The molecule has 8 nitrogen and oxygen atoms in total. The first-order chi connectivity index (χ1) is 13.4. The van der Waals surface area contributed by atoms with Crippen LogP contribution in [0.4, 0.5) is 5.69 Å². The van der Waals surface area contributed by atoms with E-state index in [1.807, 2.05) is 12.1 Å². The molecule has 3 aromatic rings. The molecule has 0 spiro atoms. The predicted molar refractivity (Wildman–Crippen MR) is 103 cm³/mol. The van der Waals surface area contributed by atoms with Crippen LogP contribution in [0.2, 0.25) is 5.02 Å². The van der Waals surface area contributed by atoms with E-state index in [9.17, 15) is 18.5 Å². The molecule has 0 N–H and O–H groups in total. The molecule has 1 aliphatic rings. The van der Waals surface area contributed by atoms with Gasteiger partial charge in [-0.15, -0.1) is 0 Å². The Labute approximate surface area is 165 Å². The fourth-order valence-electron chi connectivity index (χ4n) is 3.41. The van der Waals surface area contributed by atoms with Gasteiger partial charge in [-0.05, 0) is 31.0 Å². The van der Waals surface area contributed by atoms with Crippen LogP contribution >= 0.6 is 11.6 Å². The zero-order chi connectivity index (χ0) is 19.9. The number of nitrogens with zero attached hydrogens (tertiary/aromatic N) is 3. The highest BCUT2D eigenvalue weighted by molar-refractivity contribution is 7.89. The maximum atomic E-state index is 13.3. The van der Waals surface area contributed by atoms with E-state index in [1.165, 1.54) is 10.4 Å². The number of nitro groups is 1. The fourth-order valence-corrected chi connectivity index (χ4v) is 5.58. The van der Waals surface area contributed by atoms with Gasteiger partial charge in [-0.1, -0.05) is 30.2 Å². The number of halogens is 1. The molecule has 10 heteroatoms. The van der Waals surface area contributed by atoms with Gasteiger partial charge in [0, 0.05) is 18.7 Å². The maximum absolute atomic E-state index is 13.3. The second kappa shape index (κ2) is 7.16. The minimum Gasteiger partial charge on any atom is -0.439 e. The lowest BCUT2D eigenvalue weighted by molar-refractivity contribution is -0.384. The third-order valence-corrected chi connectivity index (χ3v) is 7.15. The Hall–Kier alpha value is -2.49. The highest BCUT2D eigenvalue weighted by atomic mass is 35.5.